The molecule has 1 heterocycles. The summed E-state index contributed by atoms with van der Waals surface area (Å²) in [7, 11) is 0. The van der Waals surface area contributed by atoms with Gasteiger partial charge < -0.3 is 10.1 Å². The van der Waals surface area contributed by atoms with E-state index in [-0.39, 0.29) is 11.9 Å². The molecule has 4 heteroatoms. The molecule has 0 aliphatic carbocycles. The third-order valence-corrected chi connectivity index (χ3v) is 4.00. The van der Waals surface area contributed by atoms with E-state index < -0.39 is 0 Å². The van der Waals surface area contributed by atoms with Gasteiger partial charge in [0.15, 0.2) is 5.78 Å². The van der Waals surface area contributed by atoms with Crippen molar-refractivity contribution in [2.45, 2.75) is 13.0 Å². The number of aryl methyl sites for hydroxylation is 1. The van der Waals surface area contributed by atoms with E-state index in [0.29, 0.717) is 16.9 Å². The molecule has 0 atom stereocenters. The fraction of sp³-hybridized carbons (Fsp3) is 0.235. The average Bonchev–Trinajstić information content (AvgIpc) is 2.42. The summed E-state index contributed by atoms with van der Waals surface area (Å²) in [6.07, 6.45) is 0.142. The van der Waals surface area contributed by atoms with Crippen molar-refractivity contribution < 1.29 is 9.53 Å². The highest BCUT2D eigenvalue weighted by atomic mass is 79.9. The molecule has 3 nitrogen and oxygen atoms in total. The lowest BCUT2D eigenvalue weighted by Gasteiger charge is -2.28. The van der Waals surface area contributed by atoms with Gasteiger partial charge in [-0.15, -0.1) is 0 Å². The van der Waals surface area contributed by atoms with Gasteiger partial charge in [-0.1, -0.05) is 39.7 Å². The molecule has 2 aromatic rings. The number of halogens is 1. The molecule has 0 radical (unpaired) electrons. The molecule has 1 aliphatic rings. The van der Waals surface area contributed by atoms with Crippen molar-refractivity contribution in [1.82, 2.24) is 5.32 Å². The summed E-state index contributed by atoms with van der Waals surface area (Å²) < 4.78 is 6.83. The number of nitrogens with one attached hydrogen (secondary N) is 1. The first-order valence-electron chi connectivity index (χ1n) is 6.92. The molecule has 0 bridgehead atoms. The molecule has 3 rings (SSSR count). The molecule has 0 spiro atoms. The molecular formula is C17H16BrNO2. The smallest absolute Gasteiger partial charge is 0.196 e. The number of carbonyl (C=O) groups excluding carboxylic acids is 1. The molecule has 108 valence electrons. The Balaban J connectivity index is 1.94. The Bertz CT molecular complexity index is 680. The maximum atomic E-state index is 12.7. The Labute approximate surface area is 132 Å². The molecule has 1 aliphatic heterocycles. The largest absolute Gasteiger partial charge is 0.487 e. The lowest BCUT2D eigenvalue weighted by molar-refractivity contribution is 0.102. The maximum Gasteiger partial charge on any atom is 0.196 e. The van der Waals surface area contributed by atoms with Gasteiger partial charge in [-0.05, 0) is 31.2 Å². The van der Waals surface area contributed by atoms with Crippen LogP contribution < -0.4 is 10.1 Å². The third-order valence-electron chi connectivity index (χ3n) is 3.51. The van der Waals surface area contributed by atoms with E-state index in [1.165, 1.54) is 0 Å². The Morgan fingerprint density at radius 2 is 2.05 bits per heavy atom. The third kappa shape index (κ3) is 3.17. The Hall–Kier alpha value is -1.65. The van der Waals surface area contributed by atoms with Crippen molar-refractivity contribution in [3.63, 3.8) is 0 Å². The summed E-state index contributed by atoms with van der Waals surface area (Å²) in [6, 6.07) is 13.2. The second-order valence-electron chi connectivity index (χ2n) is 5.24. The zero-order valence-corrected chi connectivity index (χ0v) is 13.3. The van der Waals surface area contributed by atoms with Gasteiger partial charge in [-0.2, -0.15) is 0 Å². The van der Waals surface area contributed by atoms with Crippen molar-refractivity contribution in [3.05, 3.63) is 63.6 Å². The Morgan fingerprint density at radius 1 is 1.24 bits per heavy atom. The highest BCUT2D eigenvalue weighted by Crippen LogP contribution is 2.27. The summed E-state index contributed by atoms with van der Waals surface area (Å²) in [5.41, 5.74) is 2.37. The molecule has 0 aromatic heterocycles. The van der Waals surface area contributed by atoms with E-state index in [2.05, 4.69) is 21.2 Å². The Kier molecular flexibility index (Phi) is 4.08. The van der Waals surface area contributed by atoms with Crippen molar-refractivity contribution >= 4 is 21.7 Å². The number of ether oxygens (including phenoxy) is 1. The van der Waals surface area contributed by atoms with Crippen LogP contribution >= 0.6 is 15.9 Å². The predicted molar refractivity (Wildman–Crippen MR) is 86.0 cm³/mol. The van der Waals surface area contributed by atoms with Crippen LogP contribution in [0.5, 0.6) is 5.75 Å². The minimum Gasteiger partial charge on any atom is -0.487 e. The summed E-state index contributed by atoms with van der Waals surface area (Å²) in [4.78, 5) is 12.7. The minimum absolute atomic E-state index is 0.00603. The van der Waals surface area contributed by atoms with E-state index in [9.17, 15) is 4.79 Å². The molecule has 1 fully saturated rings. The normalized spacial score (nSPS) is 14.6. The highest BCUT2D eigenvalue weighted by molar-refractivity contribution is 9.10. The van der Waals surface area contributed by atoms with Gasteiger partial charge >= 0.3 is 0 Å². The fourth-order valence-electron chi connectivity index (χ4n) is 2.25. The van der Waals surface area contributed by atoms with Crippen LogP contribution in [-0.4, -0.2) is 25.0 Å². The van der Waals surface area contributed by atoms with E-state index in [1.807, 2.05) is 49.4 Å². The number of benzene rings is 2. The molecule has 1 saturated heterocycles. The highest BCUT2D eigenvalue weighted by Gasteiger charge is 2.22. The first-order chi connectivity index (χ1) is 10.1. The second-order valence-corrected chi connectivity index (χ2v) is 6.15. The molecule has 0 saturated carbocycles. The maximum absolute atomic E-state index is 12.7. The van der Waals surface area contributed by atoms with Crippen molar-refractivity contribution in [3.8, 4) is 5.75 Å². The first kappa shape index (κ1) is 14.3. The zero-order valence-electron chi connectivity index (χ0n) is 11.7. The Morgan fingerprint density at radius 3 is 2.71 bits per heavy atom. The van der Waals surface area contributed by atoms with Crippen LogP contribution in [0.4, 0.5) is 0 Å². The molecule has 1 N–H and O–H groups in total. The topological polar surface area (TPSA) is 38.3 Å². The molecule has 2 aromatic carbocycles. The van der Waals surface area contributed by atoms with Crippen LogP contribution in [0.2, 0.25) is 0 Å². The quantitative estimate of drug-likeness (QED) is 0.863. The van der Waals surface area contributed by atoms with Gasteiger partial charge in [0.05, 0.1) is 5.56 Å². The van der Waals surface area contributed by atoms with Gasteiger partial charge in [-0.25, -0.2) is 0 Å². The number of hydrogen-bond donors (Lipinski definition) is 1. The number of ketones is 1. The lowest BCUT2D eigenvalue weighted by atomic mass is 10.0. The fourth-order valence-corrected chi connectivity index (χ4v) is 2.59. The van der Waals surface area contributed by atoms with Crippen LogP contribution in [0.15, 0.2) is 46.9 Å². The summed E-state index contributed by atoms with van der Waals surface area (Å²) in [5, 5.41) is 3.16. The van der Waals surface area contributed by atoms with E-state index in [4.69, 9.17) is 4.74 Å². The van der Waals surface area contributed by atoms with Crippen molar-refractivity contribution in [1.29, 1.82) is 0 Å². The van der Waals surface area contributed by atoms with Gasteiger partial charge in [-0.3, -0.25) is 4.79 Å². The van der Waals surface area contributed by atoms with Gasteiger partial charge in [0, 0.05) is 23.1 Å². The van der Waals surface area contributed by atoms with E-state index in [0.717, 1.165) is 23.1 Å². The van der Waals surface area contributed by atoms with Crippen LogP contribution in [0.25, 0.3) is 0 Å². The van der Waals surface area contributed by atoms with Gasteiger partial charge in [0.1, 0.15) is 11.9 Å². The number of carbonyl (C=O) groups is 1. The molecule has 0 unspecified atom stereocenters. The van der Waals surface area contributed by atoms with E-state index >= 15 is 0 Å². The van der Waals surface area contributed by atoms with Gasteiger partial charge in [0.2, 0.25) is 0 Å². The lowest BCUT2D eigenvalue weighted by Crippen LogP contribution is -2.50. The second kappa shape index (κ2) is 6.00. The summed E-state index contributed by atoms with van der Waals surface area (Å²) in [6.45, 7) is 3.63. The first-order valence-corrected chi connectivity index (χ1v) is 7.71. The molecular weight excluding hydrogens is 330 g/mol. The van der Waals surface area contributed by atoms with Crippen LogP contribution in [0, 0.1) is 6.92 Å². The van der Waals surface area contributed by atoms with Crippen LogP contribution in [-0.2, 0) is 0 Å². The minimum atomic E-state index is -0.00603. The average molecular weight is 346 g/mol. The molecule has 0 amide bonds. The van der Waals surface area contributed by atoms with Crippen molar-refractivity contribution in [2.75, 3.05) is 13.1 Å². The molecule has 21 heavy (non-hydrogen) atoms. The number of hydrogen-bond acceptors (Lipinski definition) is 3. The SMILES string of the molecule is Cc1cccc(C(=O)c2ccc(Br)cc2OC2CNC2)c1. The van der Waals surface area contributed by atoms with Crippen LogP contribution in [0.1, 0.15) is 21.5 Å². The predicted octanol–water partition coefficient (Wildman–Crippen LogP) is 3.34. The van der Waals surface area contributed by atoms with Gasteiger partial charge in [0.25, 0.3) is 0 Å². The standard InChI is InChI=1S/C17H16BrNO2/c1-11-3-2-4-12(7-11)17(20)15-6-5-13(18)8-16(15)21-14-9-19-10-14/h2-8,14,19H,9-10H2,1H3. The monoisotopic (exact) mass is 345 g/mol. The zero-order chi connectivity index (χ0) is 14.8. The number of rotatable bonds is 4. The van der Waals surface area contributed by atoms with Crippen LogP contribution in [0.3, 0.4) is 0 Å². The summed E-state index contributed by atoms with van der Waals surface area (Å²) >= 11 is 3.44. The summed E-state index contributed by atoms with van der Waals surface area (Å²) in [5.74, 6) is 0.635. The van der Waals surface area contributed by atoms with E-state index in [1.54, 1.807) is 0 Å². The van der Waals surface area contributed by atoms with Crippen molar-refractivity contribution in [2.24, 2.45) is 0 Å².